The lowest BCUT2D eigenvalue weighted by atomic mass is 9.60. The summed E-state index contributed by atoms with van der Waals surface area (Å²) in [5.41, 5.74) is 6.99. The Kier molecular flexibility index (Phi) is 6.77. The number of fused-ring (bicyclic) bond motifs is 4. The van der Waals surface area contributed by atoms with E-state index in [1.807, 2.05) is 25.6 Å². The van der Waals surface area contributed by atoms with Crippen molar-refractivity contribution in [2.24, 2.45) is 18.4 Å². The minimum absolute atomic E-state index is 0.0547. The molecule has 0 aromatic carbocycles. The van der Waals surface area contributed by atoms with Crippen molar-refractivity contribution in [2.45, 2.75) is 91.0 Å². The number of aromatic nitrogens is 6. The topological polar surface area (TPSA) is 115 Å². The van der Waals surface area contributed by atoms with Gasteiger partial charge in [-0.1, -0.05) is 6.42 Å². The fourth-order valence-electron chi connectivity index (χ4n) is 8.13. The molecular formula is C30H43N9O2. The van der Waals surface area contributed by atoms with Gasteiger partial charge in [0.05, 0.1) is 18.0 Å². The summed E-state index contributed by atoms with van der Waals surface area (Å²) in [5, 5.41) is 16.4. The molecule has 2 saturated carbocycles. The van der Waals surface area contributed by atoms with Gasteiger partial charge in [-0.25, -0.2) is 9.97 Å². The second-order valence-corrected chi connectivity index (χ2v) is 12.9. The molecule has 11 nitrogen and oxygen atoms in total. The first-order valence-corrected chi connectivity index (χ1v) is 15.4. The number of anilines is 1. The lowest BCUT2D eigenvalue weighted by Gasteiger charge is -2.49. The third kappa shape index (κ3) is 4.80. The zero-order valence-corrected chi connectivity index (χ0v) is 24.9. The first-order chi connectivity index (χ1) is 19.8. The fourth-order valence-corrected chi connectivity index (χ4v) is 8.13. The van der Waals surface area contributed by atoms with Gasteiger partial charge in [0.25, 0.3) is 5.91 Å². The van der Waals surface area contributed by atoms with Crippen LogP contribution in [0.3, 0.4) is 0 Å². The van der Waals surface area contributed by atoms with Crippen LogP contribution in [0.25, 0.3) is 11.0 Å². The van der Waals surface area contributed by atoms with E-state index in [9.17, 15) is 4.79 Å². The third-order valence-electron chi connectivity index (χ3n) is 10.1. The number of hydrogen-bond acceptors (Lipinski definition) is 8. The highest BCUT2D eigenvalue weighted by Crippen LogP contribution is 2.50. The average molecular weight is 562 g/mol. The summed E-state index contributed by atoms with van der Waals surface area (Å²) in [6.45, 7) is 10.9. The fraction of sp³-hybridized carbons (Fsp3) is 0.700. The molecule has 5 heterocycles. The van der Waals surface area contributed by atoms with Gasteiger partial charge < -0.3 is 20.3 Å². The SMILES string of the molecule is Cc1nc(N2CCc3c(c(C)nn3CC34CCCC(C3)C(NC(=O)[C@H]3CNCCO3)CC4)C2)c2c(n1)c(C)nn2C. The number of carbonyl (C=O) groups excluding carboxylic acids is 1. The number of aryl methyl sites for hydroxylation is 4. The first kappa shape index (κ1) is 26.8. The summed E-state index contributed by atoms with van der Waals surface area (Å²) in [6, 6.07) is 0.257. The predicted molar refractivity (Wildman–Crippen MR) is 156 cm³/mol. The van der Waals surface area contributed by atoms with Gasteiger partial charge in [0.1, 0.15) is 23.0 Å². The Morgan fingerprint density at radius 2 is 2.02 bits per heavy atom. The van der Waals surface area contributed by atoms with Crippen molar-refractivity contribution < 1.29 is 9.53 Å². The highest BCUT2D eigenvalue weighted by Gasteiger charge is 2.45. The number of rotatable bonds is 5. The summed E-state index contributed by atoms with van der Waals surface area (Å²) >= 11 is 0. The van der Waals surface area contributed by atoms with Crippen LogP contribution in [0.15, 0.2) is 0 Å². The minimum atomic E-state index is -0.360. The maximum absolute atomic E-state index is 12.9. The molecular weight excluding hydrogens is 518 g/mol. The Labute approximate surface area is 241 Å². The van der Waals surface area contributed by atoms with Gasteiger partial charge in [-0.15, -0.1) is 0 Å². The van der Waals surface area contributed by atoms with Crippen molar-refractivity contribution in [1.82, 2.24) is 40.2 Å². The molecule has 2 bridgehead atoms. The molecule has 3 aromatic rings. The van der Waals surface area contributed by atoms with Crippen LogP contribution in [0.4, 0.5) is 5.82 Å². The van der Waals surface area contributed by atoms with E-state index in [2.05, 4.69) is 37.2 Å². The van der Waals surface area contributed by atoms with Crippen molar-refractivity contribution in [3.8, 4) is 0 Å². The lowest BCUT2D eigenvalue weighted by Crippen LogP contribution is -2.54. The van der Waals surface area contributed by atoms with Gasteiger partial charge in [-0.3, -0.25) is 14.2 Å². The molecule has 4 atom stereocenters. The number of nitrogens with one attached hydrogen (secondary N) is 2. The molecule has 220 valence electrons. The molecule has 1 amide bonds. The van der Waals surface area contributed by atoms with Crippen LogP contribution in [0.5, 0.6) is 0 Å². The molecule has 3 fully saturated rings. The molecule has 0 radical (unpaired) electrons. The molecule has 2 N–H and O–H groups in total. The Balaban J connectivity index is 1.08. The van der Waals surface area contributed by atoms with Crippen molar-refractivity contribution in [3.63, 3.8) is 0 Å². The van der Waals surface area contributed by atoms with E-state index in [0.717, 1.165) is 79.5 Å². The minimum Gasteiger partial charge on any atom is -0.366 e. The highest BCUT2D eigenvalue weighted by atomic mass is 16.5. The summed E-state index contributed by atoms with van der Waals surface area (Å²) in [5.74, 6) is 2.34. The van der Waals surface area contributed by atoms with Crippen molar-refractivity contribution in [2.75, 3.05) is 31.1 Å². The Hall–Kier alpha value is -3.05. The maximum Gasteiger partial charge on any atom is 0.250 e. The third-order valence-corrected chi connectivity index (χ3v) is 10.1. The normalized spacial score (nSPS) is 28.1. The molecule has 1 saturated heterocycles. The van der Waals surface area contributed by atoms with Gasteiger partial charge in [0.15, 0.2) is 5.82 Å². The van der Waals surface area contributed by atoms with Crippen LogP contribution in [0.1, 0.15) is 67.0 Å². The molecule has 11 heteroatoms. The van der Waals surface area contributed by atoms with E-state index >= 15 is 0 Å². The second kappa shape index (κ2) is 10.3. The number of carbonyl (C=O) groups is 1. The smallest absolute Gasteiger partial charge is 0.250 e. The van der Waals surface area contributed by atoms with Crippen LogP contribution in [-0.2, 0) is 36.1 Å². The largest absolute Gasteiger partial charge is 0.366 e. The number of morpholine rings is 1. The van der Waals surface area contributed by atoms with Crippen LogP contribution >= 0.6 is 0 Å². The molecule has 7 rings (SSSR count). The zero-order chi connectivity index (χ0) is 28.3. The number of nitrogens with zero attached hydrogens (tertiary/aromatic N) is 7. The van der Waals surface area contributed by atoms with Crippen LogP contribution in [0, 0.1) is 32.1 Å². The predicted octanol–water partition coefficient (Wildman–Crippen LogP) is 2.49. The number of ether oxygens (including phenoxy) is 1. The van der Waals surface area contributed by atoms with E-state index < -0.39 is 0 Å². The Bertz CT molecular complexity index is 1470. The van der Waals surface area contributed by atoms with Gasteiger partial charge in [0.2, 0.25) is 0 Å². The van der Waals surface area contributed by atoms with Crippen LogP contribution in [-0.4, -0.2) is 73.8 Å². The summed E-state index contributed by atoms with van der Waals surface area (Å²) < 4.78 is 9.97. The van der Waals surface area contributed by atoms with Gasteiger partial charge in [-0.05, 0) is 64.2 Å². The number of hydrogen-bond donors (Lipinski definition) is 2. The highest BCUT2D eigenvalue weighted by molar-refractivity contribution is 5.88. The number of amides is 1. The summed E-state index contributed by atoms with van der Waals surface area (Å²) in [4.78, 5) is 24.8. The van der Waals surface area contributed by atoms with Gasteiger partial charge in [0, 0.05) is 63.5 Å². The zero-order valence-electron chi connectivity index (χ0n) is 24.9. The summed E-state index contributed by atoms with van der Waals surface area (Å²) in [6.07, 6.45) is 7.60. The van der Waals surface area contributed by atoms with Gasteiger partial charge in [-0.2, -0.15) is 10.2 Å². The van der Waals surface area contributed by atoms with Gasteiger partial charge >= 0.3 is 0 Å². The van der Waals surface area contributed by atoms with E-state index in [-0.39, 0.29) is 23.5 Å². The van der Waals surface area contributed by atoms with Crippen molar-refractivity contribution >= 4 is 22.8 Å². The standard InChI is InChI=1S/C30H43N9O2/c1-18-22-16-38(28-27-26(32-20(3)33-28)19(2)35-37(27)4)12-8-24(22)39(36-18)17-30-9-5-6-21(14-30)23(7-10-30)34-29(40)25-15-31-11-13-41-25/h21,23,25,31H,5-17H2,1-4H3,(H,34,40)/t21?,23?,25-,30?/m1/s1. The average Bonchev–Trinajstić information content (AvgIpc) is 3.43. The van der Waals surface area contributed by atoms with E-state index in [1.54, 1.807) is 0 Å². The molecule has 2 aliphatic heterocycles. The maximum atomic E-state index is 12.9. The second-order valence-electron chi connectivity index (χ2n) is 12.9. The Morgan fingerprint density at radius 3 is 2.85 bits per heavy atom. The molecule has 4 aliphatic rings. The monoisotopic (exact) mass is 561 g/mol. The van der Waals surface area contributed by atoms with Crippen LogP contribution in [0.2, 0.25) is 0 Å². The van der Waals surface area contributed by atoms with Crippen molar-refractivity contribution in [3.05, 3.63) is 28.5 Å². The van der Waals surface area contributed by atoms with E-state index in [0.29, 0.717) is 19.1 Å². The molecule has 3 aromatic heterocycles. The molecule has 0 spiro atoms. The van der Waals surface area contributed by atoms with E-state index in [4.69, 9.17) is 14.8 Å². The quantitative estimate of drug-likeness (QED) is 0.488. The molecule has 3 unspecified atom stereocenters. The lowest BCUT2D eigenvalue weighted by molar-refractivity contribution is -0.136. The van der Waals surface area contributed by atoms with Crippen LogP contribution < -0.4 is 15.5 Å². The Morgan fingerprint density at radius 1 is 1.15 bits per heavy atom. The molecule has 2 aliphatic carbocycles. The first-order valence-electron chi connectivity index (χ1n) is 15.4. The van der Waals surface area contributed by atoms with E-state index in [1.165, 1.54) is 36.9 Å². The molecule has 41 heavy (non-hydrogen) atoms. The van der Waals surface area contributed by atoms with Crippen molar-refractivity contribution in [1.29, 1.82) is 0 Å². The summed E-state index contributed by atoms with van der Waals surface area (Å²) in [7, 11) is 1.98.